The molecule has 0 aliphatic carbocycles. The molecule has 1 amide bonds. The van der Waals surface area contributed by atoms with Crippen molar-refractivity contribution in [2.24, 2.45) is 0 Å². The average molecular weight is 293 g/mol. The van der Waals surface area contributed by atoms with Crippen molar-refractivity contribution in [1.82, 2.24) is 25.1 Å². The fourth-order valence-corrected chi connectivity index (χ4v) is 2.65. The Labute approximate surface area is 122 Å². The number of thiazole rings is 1. The second-order valence-electron chi connectivity index (χ2n) is 4.77. The van der Waals surface area contributed by atoms with E-state index in [9.17, 15) is 4.79 Å². The molecule has 2 aromatic rings. The number of carbonyl (C=O) groups excluding carboxylic acids is 1. The maximum atomic E-state index is 12.0. The second-order valence-corrected chi connectivity index (χ2v) is 5.63. The van der Waals surface area contributed by atoms with Crippen LogP contribution in [-0.2, 0) is 13.0 Å². The van der Waals surface area contributed by atoms with Crippen LogP contribution in [0.15, 0.2) is 11.7 Å². The normalized spacial score (nSPS) is 11.0. The minimum absolute atomic E-state index is 0.121. The summed E-state index contributed by atoms with van der Waals surface area (Å²) in [5, 5.41) is 13.2. The molecule has 2 rings (SSSR count). The minimum atomic E-state index is -0.121. The zero-order chi connectivity index (χ0) is 14.5. The van der Waals surface area contributed by atoms with Crippen molar-refractivity contribution >= 4 is 17.2 Å². The van der Waals surface area contributed by atoms with Crippen LogP contribution in [0.2, 0.25) is 0 Å². The highest BCUT2D eigenvalue weighted by Crippen LogP contribution is 2.17. The summed E-state index contributed by atoms with van der Waals surface area (Å²) in [5.41, 5.74) is 0.964. The molecule has 0 aliphatic rings. The Balaban J connectivity index is 1.86. The molecule has 7 heteroatoms. The first-order valence-electron chi connectivity index (χ1n) is 6.72. The average Bonchev–Trinajstić information content (AvgIpc) is 3.07. The Bertz CT molecular complexity index is 575. The number of hydrogen-bond acceptors (Lipinski definition) is 5. The molecule has 0 saturated heterocycles. The highest BCUT2D eigenvalue weighted by Gasteiger charge is 2.12. The monoisotopic (exact) mass is 293 g/mol. The van der Waals surface area contributed by atoms with Crippen LogP contribution in [0.1, 0.15) is 48.0 Å². The van der Waals surface area contributed by atoms with Crippen LogP contribution in [0.5, 0.6) is 0 Å². The molecule has 0 radical (unpaired) electrons. The third kappa shape index (κ3) is 3.41. The van der Waals surface area contributed by atoms with E-state index in [1.165, 1.54) is 11.3 Å². The van der Waals surface area contributed by atoms with Gasteiger partial charge in [0.05, 0.1) is 5.69 Å². The first-order valence-corrected chi connectivity index (χ1v) is 7.60. The van der Waals surface area contributed by atoms with Gasteiger partial charge in [-0.3, -0.25) is 4.79 Å². The van der Waals surface area contributed by atoms with E-state index in [-0.39, 0.29) is 5.91 Å². The van der Waals surface area contributed by atoms with Crippen molar-refractivity contribution in [2.45, 2.75) is 39.7 Å². The number of nitrogens with zero attached hydrogens (tertiary/aromatic N) is 4. The maximum absolute atomic E-state index is 12.0. The van der Waals surface area contributed by atoms with Crippen LogP contribution in [0.3, 0.4) is 0 Å². The van der Waals surface area contributed by atoms with Gasteiger partial charge in [-0.25, -0.2) is 4.98 Å². The van der Waals surface area contributed by atoms with Gasteiger partial charge >= 0.3 is 0 Å². The Morgan fingerprint density at radius 2 is 2.30 bits per heavy atom. The summed E-state index contributed by atoms with van der Waals surface area (Å²) < 4.78 is 1.96. The predicted molar refractivity (Wildman–Crippen MR) is 77.9 cm³/mol. The molecule has 1 N–H and O–H groups in total. The van der Waals surface area contributed by atoms with Crippen LogP contribution in [0, 0.1) is 0 Å². The zero-order valence-corrected chi connectivity index (χ0v) is 12.8. The smallest absolute Gasteiger partial charge is 0.280 e. The zero-order valence-electron chi connectivity index (χ0n) is 12.0. The first kappa shape index (κ1) is 14.6. The van der Waals surface area contributed by atoms with Gasteiger partial charge in [-0.1, -0.05) is 13.8 Å². The molecule has 0 fully saturated rings. The second kappa shape index (κ2) is 6.60. The molecule has 0 aromatic carbocycles. The third-order valence-corrected chi connectivity index (χ3v) is 3.84. The molecule has 2 aromatic heterocycles. The van der Waals surface area contributed by atoms with Crippen molar-refractivity contribution in [2.75, 3.05) is 6.54 Å². The molecule has 6 nitrogen and oxygen atoms in total. The summed E-state index contributed by atoms with van der Waals surface area (Å²) in [7, 11) is 0. The van der Waals surface area contributed by atoms with E-state index in [4.69, 9.17) is 0 Å². The largest absolute Gasteiger partial charge is 0.350 e. The molecule has 0 unspecified atom stereocenters. The number of aromatic nitrogens is 4. The molecule has 2 heterocycles. The summed E-state index contributed by atoms with van der Waals surface area (Å²) >= 11 is 1.39. The third-order valence-electron chi connectivity index (χ3n) is 2.98. The molecule has 0 aliphatic heterocycles. The van der Waals surface area contributed by atoms with Crippen molar-refractivity contribution in [3.63, 3.8) is 0 Å². The molecular weight excluding hydrogens is 274 g/mol. The van der Waals surface area contributed by atoms with Gasteiger partial charge in [-0.2, -0.15) is 0 Å². The molecule has 108 valence electrons. The molecule has 0 spiro atoms. The molecule has 0 atom stereocenters. The fourth-order valence-electron chi connectivity index (χ4n) is 1.76. The Morgan fingerprint density at radius 3 is 2.95 bits per heavy atom. The standard InChI is InChI=1S/C13H19N5OS/c1-4-18-8-15-17-11(18)5-6-14-12(19)13-16-10(7-20-13)9(2)3/h7-9H,4-6H2,1-3H3,(H,14,19). The van der Waals surface area contributed by atoms with Gasteiger partial charge in [0, 0.05) is 24.9 Å². The quantitative estimate of drug-likeness (QED) is 0.882. The first-order chi connectivity index (χ1) is 9.61. The van der Waals surface area contributed by atoms with Gasteiger partial charge in [0.2, 0.25) is 0 Å². The Hall–Kier alpha value is -1.76. The van der Waals surface area contributed by atoms with Crippen molar-refractivity contribution in [1.29, 1.82) is 0 Å². The van der Waals surface area contributed by atoms with Crippen LogP contribution in [0.25, 0.3) is 0 Å². The van der Waals surface area contributed by atoms with Crippen LogP contribution in [0.4, 0.5) is 0 Å². The van der Waals surface area contributed by atoms with E-state index < -0.39 is 0 Å². The van der Waals surface area contributed by atoms with Gasteiger partial charge in [-0.15, -0.1) is 21.5 Å². The summed E-state index contributed by atoms with van der Waals surface area (Å²) in [4.78, 5) is 16.3. The van der Waals surface area contributed by atoms with Gasteiger partial charge in [0.15, 0.2) is 5.01 Å². The molecule has 0 bridgehead atoms. The SMILES string of the molecule is CCn1cnnc1CCNC(=O)c1nc(C(C)C)cs1. The number of aryl methyl sites for hydroxylation is 1. The number of carbonyl (C=O) groups is 1. The van der Waals surface area contributed by atoms with Crippen LogP contribution < -0.4 is 5.32 Å². The number of amides is 1. The highest BCUT2D eigenvalue weighted by atomic mass is 32.1. The van der Waals surface area contributed by atoms with Crippen LogP contribution in [-0.4, -0.2) is 32.2 Å². The summed E-state index contributed by atoms with van der Waals surface area (Å²) in [6, 6.07) is 0. The van der Waals surface area contributed by atoms with Gasteiger partial charge in [-0.05, 0) is 12.8 Å². The summed E-state index contributed by atoms with van der Waals surface area (Å²) in [6.07, 6.45) is 2.37. The van der Waals surface area contributed by atoms with E-state index in [0.29, 0.717) is 23.9 Å². The Kier molecular flexibility index (Phi) is 4.84. The van der Waals surface area contributed by atoms with Crippen molar-refractivity contribution in [3.05, 3.63) is 28.2 Å². The lowest BCUT2D eigenvalue weighted by Gasteiger charge is -2.04. The van der Waals surface area contributed by atoms with E-state index in [2.05, 4.69) is 34.3 Å². The molecule has 0 saturated carbocycles. The molecule has 20 heavy (non-hydrogen) atoms. The fraction of sp³-hybridized carbons (Fsp3) is 0.538. The van der Waals surface area contributed by atoms with Crippen molar-refractivity contribution in [3.8, 4) is 0 Å². The van der Waals surface area contributed by atoms with E-state index in [1.807, 2.05) is 16.9 Å². The number of rotatable bonds is 6. The van der Waals surface area contributed by atoms with E-state index in [0.717, 1.165) is 18.1 Å². The van der Waals surface area contributed by atoms with Gasteiger partial charge in [0.25, 0.3) is 5.91 Å². The predicted octanol–water partition coefficient (Wildman–Crippen LogP) is 1.85. The lowest BCUT2D eigenvalue weighted by Crippen LogP contribution is -2.26. The summed E-state index contributed by atoms with van der Waals surface area (Å²) in [5.74, 6) is 1.11. The van der Waals surface area contributed by atoms with E-state index in [1.54, 1.807) is 6.33 Å². The van der Waals surface area contributed by atoms with Gasteiger partial charge < -0.3 is 9.88 Å². The van der Waals surface area contributed by atoms with Gasteiger partial charge in [0.1, 0.15) is 12.2 Å². The highest BCUT2D eigenvalue weighted by molar-refractivity contribution is 7.11. The molecular formula is C13H19N5OS. The van der Waals surface area contributed by atoms with E-state index >= 15 is 0 Å². The number of nitrogens with one attached hydrogen (secondary N) is 1. The topological polar surface area (TPSA) is 72.7 Å². The minimum Gasteiger partial charge on any atom is -0.350 e. The van der Waals surface area contributed by atoms with Crippen LogP contribution >= 0.6 is 11.3 Å². The lowest BCUT2D eigenvalue weighted by molar-refractivity contribution is 0.0953. The lowest BCUT2D eigenvalue weighted by atomic mass is 10.2. The maximum Gasteiger partial charge on any atom is 0.280 e. The Morgan fingerprint density at radius 1 is 1.50 bits per heavy atom. The summed E-state index contributed by atoms with van der Waals surface area (Å²) in [6.45, 7) is 7.53. The van der Waals surface area contributed by atoms with Crippen molar-refractivity contribution < 1.29 is 4.79 Å². The number of hydrogen-bond donors (Lipinski definition) is 1.